The van der Waals surface area contributed by atoms with Gasteiger partial charge in [0.25, 0.3) is 0 Å². The molecule has 6 N–H and O–H groups in total. The SMILES string of the molecule is C=C(C)C(=O)O.C=C(C)C(=O)O.C=C(C)C(=O)OCC(CO)(COCC(CO)(CO)CO)COC(=O)C(=C)C. The van der Waals surface area contributed by atoms with E-state index in [0.29, 0.717) is 0 Å². The molecule has 224 valence electrons. The van der Waals surface area contributed by atoms with Gasteiger partial charge in [-0.2, -0.15) is 0 Å². The molecule has 0 radical (unpaired) electrons. The topological polar surface area (TPSA) is 217 Å². The third-order valence-electron chi connectivity index (χ3n) is 4.60. The van der Waals surface area contributed by atoms with E-state index in [4.69, 9.17) is 24.4 Å². The number of carbonyl (C=O) groups excluding carboxylic acids is 2. The van der Waals surface area contributed by atoms with Gasteiger partial charge in [-0.05, 0) is 27.7 Å². The summed E-state index contributed by atoms with van der Waals surface area (Å²) in [4.78, 5) is 42.5. The van der Waals surface area contributed by atoms with Crippen LogP contribution in [0.25, 0.3) is 0 Å². The van der Waals surface area contributed by atoms with E-state index >= 15 is 0 Å². The van der Waals surface area contributed by atoms with E-state index in [9.17, 15) is 39.6 Å². The van der Waals surface area contributed by atoms with Gasteiger partial charge in [0.05, 0.1) is 50.5 Å². The van der Waals surface area contributed by atoms with Crippen LogP contribution in [0.15, 0.2) is 48.6 Å². The normalized spacial score (nSPS) is 10.5. The Morgan fingerprint density at radius 1 is 0.538 bits per heavy atom. The van der Waals surface area contributed by atoms with Gasteiger partial charge < -0.3 is 44.8 Å². The highest BCUT2D eigenvalue weighted by atomic mass is 16.6. The maximum Gasteiger partial charge on any atom is 0.333 e. The highest BCUT2D eigenvalue weighted by Crippen LogP contribution is 2.23. The molecule has 13 heteroatoms. The Hall–Kier alpha value is -3.36. The first kappa shape index (κ1) is 40.1. The number of rotatable bonds is 16. The van der Waals surface area contributed by atoms with E-state index in [2.05, 4.69) is 26.3 Å². The van der Waals surface area contributed by atoms with Crippen molar-refractivity contribution in [3.05, 3.63) is 48.6 Å². The fraction of sp³-hybridized carbons (Fsp3) is 0.538. The van der Waals surface area contributed by atoms with Gasteiger partial charge in [0.2, 0.25) is 0 Å². The Labute approximate surface area is 228 Å². The van der Waals surface area contributed by atoms with Crippen molar-refractivity contribution in [2.24, 2.45) is 10.8 Å². The number of ether oxygens (including phenoxy) is 3. The van der Waals surface area contributed by atoms with E-state index in [1.165, 1.54) is 27.7 Å². The van der Waals surface area contributed by atoms with Gasteiger partial charge in [-0.1, -0.05) is 26.3 Å². The predicted octanol–water partition coefficient (Wildman–Crippen LogP) is 0.478. The van der Waals surface area contributed by atoms with Crippen molar-refractivity contribution in [3.8, 4) is 0 Å². The lowest BCUT2D eigenvalue weighted by Gasteiger charge is -2.33. The van der Waals surface area contributed by atoms with Crippen molar-refractivity contribution in [3.63, 3.8) is 0 Å². The predicted molar refractivity (Wildman–Crippen MR) is 140 cm³/mol. The Morgan fingerprint density at radius 3 is 1.00 bits per heavy atom. The summed E-state index contributed by atoms with van der Waals surface area (Å²) in [5, 5.41) is 53.6. The van der Waals surface area contributed by atoms with Gasteiger partial charge in [0.15, 0.2) is 0 Å². The van der Waals surface area contributed by atoms with Crippen LogP contribution in [-0.4, -0.2) is 107 Å². The lowest BCUT2D eigenvalue weighted by Crippen LogP contribution is -2.45. The van der Waals surface area contributed by atoms with Crippen LogP contribution >= 0.6 is 0 Å². The molecule has 0 aromatic carbocycles. The van der Waals surface area contributed by atoms with Gasteiger partial charge in [-0.15, -0.1) is 0 Å². The highest BCUT2D eigenvalue weighted by molar-refractivity contribution is 5.87. The summed E-state index contributed by atoms with van der Waals surface area (Å²) in [6, 6.07) is 0. The first-order valence-corrected chi connectivity index (χ1v) is 11.3. The van der Waals surface area contributed by atoms with E-state index < -0.39 is 61.1 Å². The Morgan fingerprint density at radius 2 is 0.795 bits per heavy atom. The number of aliphatic hydroxyl groups is 4. The summed E-state index contributed by atoms with van der Waals surface area (Å²) in [5.41, 5.74) is -1.90. The quantitative estimate of drug-likeness (QED) is 0.112. The molecule has 0 rings (SSSR count). The van der Waals surface area contributed by atoms with Gasteiger partial charge in [0.1, 0.15) is 13.2 Å². The van der Waals surface area contributed by atoms with Crippen LogP contribution in [0.5, 0.6) is 0 Å². The molecule has 39 heavy (non-hydrogen) atoms. The molecular formula is C26H42O13. The molecule has 0 spiro atoms. The number of aliphatic hydroxyl groups excluding tert-OH is 4. The van der Waals surface area contributed by atoms with Crippen LogP contribution in [0.1, 0.15) is 27.7 Å². The van der Waals surface area contributed by atoms with Crippen molar-refractivity contribution in [2.75, 3.05) is 52.9 Å². The van der Waals surface area contributed by atoms with Crippen LogP contribution in [0, 0.1) is 10.8 Å². The number of esters is 2. The zero-order chi connectivity index (χ0) is 31.4. The van der Waals surface area contributed by atoms with Crippen LogP contribution in [0.4, 0.5) is 0 Å². The molecular weight excluding hydrogens is 520 g/mol. The molecule has 0 bridgehead atoms. The summed E-state index contributed by atoms with van der Waals surface area (Å²) in [6.07, 6.45) is 0. The molecule has 13 nitrogen and oxygen atoms in total. The second-order valence-corrected chi connectivity index (χ2v) is 9.01. The molecule has 0 aromatic rings. The summed E-state index contributed by atoms with van der Waals surface area (Å²) in [6.45, 7) is 15.8. The third kappa shape index (κ3) is 18.5. The molecule has 0 fully saturated rings. The van der Waals surface area contributed by atoms with Crippen molar-refractivity contribution < 1.29 is 64.0 Å². The van der Waals surface area contributed by atoms with Gasteiger partial charge >= 0.3 is 23.9 Å². The van der Waals surface area contributed by atoms with Crippen LogP contribution in [0.2, 0.25) is 0 Å². The van der Waals surface area contributed by atoms with Crippen LogP contribution in [0.3, 0.4) is 0 Å². The number of hydrogen-bond donors (Lipinski definition) is 6. The minimum atomic E-state index is -1.29. The van der Waals surface area contributed by atoms with Gasteiger partial charge in [-0.25, -0.2) is 19.2 Å². The minimum absolute atomic E-state index is 0.154. The molecule has 0 heterocycles. The molecule has 0 atom stereocenters. The highest BCUT2D eigenvalue weighted by Gasteiger charge is 2.36. The lowest BCUT2D eigenvalue weighted by molar-refractivity contribution is -0.159. The van der Waals surface area contributed by atoms with Crippen LogP contribution in [-0.2, 0) is 33.4 Å². The number of hydrogen-bond acceptors (Lipinski definition) is 11. The molecule has 0 unspecified atom stereocenters. The van der Waals surface area contributed by atoms with Crippen molar-refractivity contribution in [2.45, 2.75) is 27.7 Å². The molecule has 0 aliphatic rings. The Balaban J connectivity index is -0.000000889. The number of carbonyl (C=O) groups is 4. The monoisotopic (exact) mass is 562 g/mol. The third-order valence-corrected chi connectivity index (χ3v) is 4.60. The summed E-state index contributed by atoms with van der Waals surface area (Å²) in [5.74, 6) is -3.24. The number of carboxylic acids is 2. The number of aliphatic carboxylic acids is 2. The van der Waals surface area contributed by atoms with E-state index in [1.807, 2.05) is 0 Å². The van der Waals surface area contributed by atoms with Gasteiger partial charge in [0, 0.05) is 22.3 Å². The summed E-state index contributed by atoms with van der Waals surface area (Å²) >= 11 is 0. The fourth-order valence-electron chi connectivity index (χ4n) is 1.72. The average molecular weight is 563 g/mol. The zero-order valence-corrected chi connectivity index (χ0v) is 23.0. The summed E-state index contributed by atoms with van der Waals surface area (Å²) < 4.78 is 15.6. The minimum Gasteiger partial charge on any atom is -0.478 e. The van der Waals surface area contributed by atoms with Crippen molar-refractivity contribution >= 4 is 23.9 Å². The summed E-state index contributed by atoms with van der Waals surface area (Å²) in [7, 11) is 0. The smallest absolute Gasteiger partial charge is 0.333 e. The molecule has 0 aliphatic carbocycles. The van der Waals surface area contributed by atoms with E-state index in [0.717, 1.165) is 0 Å². The first-order chi connectivity index (χ1) is 17.9. The first-order valence-electron chi connectivity index (χ1n) is 11.3. The number of carboxylic acid groups (broad SMARTS) is 2. The fourth-order valence-corrected chi connectivity index (χ4v) is 1.72. The molecule has 0 amide bonds. The van der Waals surface area contributed by atoms with Crippen molar-refractivity contribution in [1.29, 1.82) is 0 Å². The second-order valence-electron chi connectivity index (χ2n) is 9.01. The van der Waals surface area contributed by atoms with E-state index in [1.54, 1.807) is 0 Å². The molecule has 0 saturated heterocycles. The van der Waals surface area contributed by atoms with Gasteiger partial charge in [-0.3, -0.25) is 0 Å². The standard InChI is InChI=1S/C18H30O9.2C4H6O2/c1-13(2)15(23)26-11-18(8-22,12-27-16(24)14(3)4)10-25-9-17(5-19,6-20)7-21;2*1-3(2)4(5)6/h19-22H,1,3,5-12H2,2,4H3;2*1H2,2H3,(H,5,6). The van der Waals surface area contributed by atoms with Crippen LogP contribution < -0.4 is 0 Å². The maximum absolute atomic E-state index is 11.7. The average Bonchev–Trinajstić information content (AvgIpc) is 2.88. The molecule has 0 saturated carbocycles. The van der Waals surface area contributed by atoms with E-state index in [-0.39, 0.29) is 48.7 Å². The largest absolute Gasteiger partial charge is 0.478 e. The Bertz CT molecular complexity index is 783. The zero-order valence-electron chi connectivity index (χ0n) is 23.0. The maximum atomic E-state index is 11.7. The Kier molecular flexibility index (Phi) is 21.2. The second kappa shape index (κ2) is 20.6. The molecule has 0 aliphatic heterocycles. The lowest BCUT2D eigenvalue weighted by atomic mass is 9.90. The van der Waals surface area contributed by atoms with Crippen molar-refractivity contribution in [1.82, 2.24) is 0 Å². The molecule has 0 aromatic heterocycles.